The molecule has 0 aliphatic rings. The number of pyridine rings is 3. The average molecular weight is 558 g/mol. The second-order valence-electron chi connectivity index (χ2n) is 9.42. The Morgan fingerprint density at radius 2 is 0.674 bits per heavy atom. The quantitative estimate of drug-likeness (QED) is 0.167. The maximum atomic E-state index is 4.59. The number of rotatable bonds is 9. The van der Waals surface area contributed by atoms with Gasteiger partial charge in [0.2, 0.25) is 0 Å². The van der Waals surface area contributed by atoms with Crippen LogP contribution in [0.25, 0.3) is 0 Å². The minimum Gasteiger partial charge on any atom is -0.310 e. The van der Waals surface area contributed by atoms with Crippen LogP contribution in [0.15, 0.2) is 161 Å². The van der Waals surface area contributed by atoms with Crippen LogP contribution in [0.3, 0.4) is 0 Å². The van der Waals surface area contributed by atoms with E-state index in [9.17, 15) is 0 Å². The first-order valence-corrected chi connectivity index (χ1v) is 13.8. The molecule has 43 heavy (non-hydrogen) atoms. The number of aliphatic imine (C=N–C) groups is 3. The molecular weight excluding hydrogens is 530 g/mol. The Hall–Kier alpha value is -6.08. The lowest BCUT2D eigenvalue weighted by Gasteiger charge is -2.25. The van der Waals surface area contributed by atoms with Crippen molar-refractivity contribution in [3.05, 3.63) is 163 Å². The SMILES string of the molecule is C(=Nc1ccc(N(c2ccc(N=Cc3ccccn3)cc2)c2ccc(N=Cc3ccccn3)cc2)cc1)c1ccccn1. The van der Waals surface area contributed by atoms with Crippen LogP contribution in [0.5, 0.6) is 0 Å². The van der Waals surface area contributed by atoms with Gasteiger partial charge in [-0.25, -0.2) is 0 Å². The fourth-order valence-corrected chi connectivity index (χ4v) is 4.29. The van der Waals surface area contributed by atoms with Crippen molar-refractivity contribution >= 4 is 52.8 Å². The summed E-state index contributed by atoms with van der Waals surface area (Å²) in [5, 5.41) is 0. The van der Waals surface area contributed by atoms with E-state index in [0.29, 0.717) is 0 Å². The second kappa shape index (κ2) is 13.5. The zero-order chi connectivity index (χ0) is 29.1. The molecule has 6 aromatic rings. The smallest absolute Gasteiger partial charge is 0.0812 e. The highest BCUT2D eigenvalue weighted by atomic mass is 15.1. The third-order valence-electron chi connectivity index (χ3n) is 6.42. The predicted molar refractivity (Wildman–Crippen MR) is 176 cm³/mol. The fraction of sp³-hybridized carbons (Fsp3) is 0. The largest absolute Gasteiger partial charge is 0.310 e. The highest BCUT2D eigenvalue weighted by Crippen LogP contribution is 2.36. The van der Waals surface area contributed by atoms with E-state index < -0.39 is 0 Å². The van der Waals surface area contributed by atoms with Crippen LogP contribution in [0, 0.1) is 0 Å². The van der Waals surface area contributed by atoms with Gasteiger partial charge in [0, 0.05) is 35.7 Å². The summed E-state index contributed by atoms with van der Waals surface area (Å²) in [6.45, 7) is 0. The lowest BCUT2D eigenvalue weighted by Crippen LogP contribution is -2.09. The van der Waals surface area contributed by atoms with E-state index in [1.807, 2.05) is 91.0 Å². The monoisotopic (exact) mass is 557 g/mol. The van der Waals surface area contributed by atoms with Crippen LogP contribution in [0.2, 0.25) is 0 Å². The number of aromatic nitrogens is 3. The summed E-state index contributed by atoms with van der Waals surface area (Å²) in [5.41, 5.74) is 7.93. The molecule has 0 bridgehead atoms. The minimum atomic E-state index is 0.810. The Balaban J connectivity index is 1.28. The van der Waals surface area contributed by atoms with Crippen LogP contribution >= 0.6 is 0 Å². The number of hydrogen-bond donors (Lipinski definition) is 0. The summed E-state index contributed by atoms with van der Waals surface area (Å²) in [7, 11) is 0. The van der Waals surface area contributed by atoms with Crippen molar-refractivity contribution in [3.8, 4) is 0 Å². The van der Waals surface area contributed by atoms with Crippen LogP contribution in [-0.4, -0.2) is 33.6 Å². The summed E-state index contributed by atoms with van der Waals surface area (Å²) in [4.78, 5) is 28.9. The normalized spacial score (nSPS) is 11.4. The first kappa shape index (κ1) is 27.1. The van der Waals surface area contributed by atoms with Crippen molar-refractivity contribution in [3.63, 3.8) is 0 Å². The van der Waals surface area contributed by atoms with E-state index in [4.69, 9.17) is 0 Å². The summed E-state index contributed by atoms with van der Waals surface area (Å²) in [6.07, 6.45) is 10.6. The lowest BCUT2D eigenvalue weighted by atomic mass is 10.1. The molecule has 0 saturated heterocycles. The molecule has 7 heteroatoms. The van der Waals surface area contributed by atoms with Gasteiger partial charge < -0.3 is 4.90 Å². The molecule has 3 aromatic heterocycles. The molecule has 0 fully saturated rings. The molecule has 0 aliphatic carbocycles. The molecule has 0 amide bonds. The Bertz CT molecular complexity index is 1600. The molecule has 0 aliphatic heterocycles. The molecule has 3 aromatic carbocycles. The van der Waals surface area contributed by atoms with Gasteiger partial charge in [-0.15, -0.1) is 0 Å². The molecule has 0 radical (unpaired) electrons. The summed E-state index contributed by atoms with van der Waals surface area (Å²) in [5.74, 6) is 0. The van der Waals surface area contributed by atoms with Crippen LogP contribution in [-0.2, 0) is 0 Å². The number of hydrogen-bond acceptors (Lipinski definition) is 7. The molecule has 3 heterocycles. The molecular formula is C36H27N7. The maximum Gasteiger partial charge on any atom is 0.0812 e. The predicted octanol–water partition coefficient (Wildman–Crippen LogP) is 8.59. The third-order valence-corrected chi connectivity index (χ3v) is 6.42. The number of nitrogens with zero attached hydrogens (tertiary/aromatic N) is 7. The summed E-state index contributed by atoms with van der Waals surface area (Å²) < 4.78 is 0. The molecule has 7 nitrogen and oxygen atoms in total. The van der Waals surface area contributed by atoms with Crippen molar-refractivity contribution in [1.29, 1.82) is 0 Å². The van der Waals surface area contributed by atoms with Gasteiger partial charge in [0.15, 0.2) is 0 Å². The standard InChI is InChI=1S/C36H27N7/c1-4-22-37-31(7-1)25-40-28-10-16-34(17-11-28)43(35-18-12-29(13-19-35)41-26-32-8-2-5-23-38-32)36-20-14-30(15-21-36)42-27-33-9-3-6-24-39-33/h1-27H. The Labute approximate surface area is 250 Å². The van der Waals surface area contributed by atoms with Crippen molar-refractivity contribution in [2.24, 2.45) is 15.0 Å². The van der Waals surface area contributed by atoms with Crippen molar-refractivity contribution in [2.75, 3.05) is 4.90 Å². The Morgan fingerprint density at radius 1 is 0.372 bits per heavy atom. The average Bonchev–Trinajstić information content (AvgIpc) is 3.09. The van der Waals surface area contributed by atoms with E-state index >= 15 is 0 Å². The molecule has 0 saturated carbocycles. The Kier molecular flexibility index (Phi) is 8.52. The molecule has 0 N–H and O–H groups in total. The van der Waals surface area contributed by atoms with Gasteiger partial charge in [-0.2, -0.15) is 0 Å². The van der Waals surface area contributed by atoms with Gasteiger partial charge in [-0.1, -0.05) is 18.2 Å². The third kappa shape index (κ3) is 7.36. The van der Waals surface area contributed by atoms with E-state index in [2.05, 4.69) is 71.2 Å². The highest BCUT2D eigenvalue weighted by Gasteiger charge is 2.13. The summed E-state index contributed by atoms with van der Waals surface area (Å²) >= 11 is 0. The van der Waals surface area contributed by atoms with Crippen molar-refractivity contribution in [2.45, 2.75) is 0 Å². The molecule has 6 rings (SSSR count). The molecule has 0 spiro atoms. The maximum absolute atomic E-state index is 4.59. The fourth-order valence-electron chi connectivity index (χ4n) is 4.29. The van der Waals surface area contributed by atoms with Crippen LogP contribution in [0.1, 0.15) is 17.1 Å². The minimum absolute atomic E-state index is 0.810. The van der Waals surface area contributed by atoms with Gasteiger partial charge in [0.05, 0.1) is 52.8 Å². The van der Waals surface area contributed by atoms with E-state index in [0.717, 1.165) is 51.2 Å². The van der Waals surface area contributed by atoms with Crippen molar-refractivity contribution < 1.29 is 0 Å². The van der Waals surface area contributed by atoms with Gasteiger partial charge in [0.25, 0.3) is 0 Å². The van der Waals surface area contributed by atoms with E-state index in [1.165, 1.54) is 0 Å². The summed E-state index contributed by atoms with van der Waals surface area (Å²) in [6, 6.07) is 41.6. The second-order valence-corrected chi connectivity index (χ2v) is 9.42. The van der Waals surface area contributed by atoms with E-state index in [1.54, 1.807) is 37.2 Å². The highest BCUT2D eigenvalue weighted by molar-refractivity contribution is 5.83. The molecule has 206 valence electrons. The van der Waals surface area contributed by atoms with Gasteiger partial charge >= 0.3 is 0 Å². The molecule has 0 unspecified atom stereocenters. The van der Waals surface area contributed by atoms with Crippen molar-refractivity contribution in [1.82, 2.24) is 15.0 Å². The van der Waals surface area contributed by atoms with Gasteiger partial charge in [0.1, 0.15) is 0 Å². The number of anilines is 3. The van der Waals surface area contributed by atoms with E-state index in [-0.39, 0.29) is 0 Å². The van der Waals surface area contributed by atoms with Crippen LogP contribution < -0.4 is 4.90 Å². The zero-order valence-electron chi connectivity index (χ0n) is 23.2. The number of benzene rings is 3. The first-order chi connectivity index (χ1) is 21.3. The van der Waals surface area contributed by atoms with Crippen LogP contribution in [0.4, 0.5) is 34.1 Å². The lowest BCUT2D eigenvalue weighted by molar-refractivity contribution is 1.27. The Morgan fingerprint density at radius 3 is 0.930 bits per heavy atom. The zero-order valence-corrected chi connectivity index (χ0v) is 23.2. The molecule has 0 atom stereocenters. The first-order valence-electron chi connectivity index (χ1n) is 13.8. The topological polar surface area (TPSA) is 79.0 Å². The van der Waals surface area contributed by atoms with Gasteiger partial charge in [-0.05, 0) is 109 Å². The van der Waals surface area contributed by atoms with Gasteiger partial charge in [-0.3, -0.25) is 29.9 Å².